The lowest BCUT2D eigenvalue weighted by Crippen LogP contribution is -2.28. The third-order valence-corrected chi connectivity index (χ3v) is 9.81. The molecule has 0 spiro atoms. The lowest BCUT2D eigenvalue weighted by Gasteiger charge is -2.19. The lowest BCUT2D eigenvalue weighted by atomic mass is 10.1. The molecule has 4 rings (SSSR count). The average Bonchev–Trinajstić information content (AvgIpc) is 3.53. The number of halogens is 3. The van der Waals surface area contributed by atoms with E-state index >= 15 is 0 Å². The summed E-state index contributed by atoms with van der Waals surface area (Å²) in [6, 6.07) is 11.6. The topological polar surface area (TPSA) is 159 Å². The number of hydrogen-bond donors (Lipinski definition) is 2. The number of hydrogen-bond acceptors (Lipinski definition) is 11. The van der Waals surface area contributed by atoms with Crippen molar-refractivity contribution >= 4 is 37.2 Å². The quantitative estimate of drug-likeness (QED) is 0.184. The molecule has 0 unspecified atom stereocenters. The zero-order valence-corrected chi connectivity index (χ0v) is 25.8. The second-order valence-electron chi connectivity index (χ2n) is 9.15. The minimum absolute atomic E-state index is 0.0193. The number of sulfonamides is 2. The molecule has 3 aromatic heterocycles. The number of benzene rings is 1. The van der Waals surface area contributed by atoms with Crippen molar-refractivity contribution in [2.24, 2.45) is 0 Å². The maximum atomic E-state index is 13.9. The van der Waals surface area contributed by atoms with Gasteiger partial charge in [0.05, 0.1) is 7.11 Å². The van der Waals surface area contributed by atoms with Gasteiger partial charge in [0.2, 0.25) is 21.6 Å². The van der Waals surface area contributed by atoms with Crippen LogP contribution in [0, 0.1) is 0 Å². The Kier molecular flexibility index (Phi) is 9.97. The van der Waals surface area contributed by atoms with Gasteiger partial charge in [-0.25, -0.2) is 23.1 Å². The summed E-state index contributed by atoms with van der Waals surface area (Å²) < 4.78 is 114. The van der Waals surface area contributed by atoms with Gasteiger partial charge in [-0.2, -0.15) is 26.6 Å². The number of rotatable bonds is 13. The lowest BCUT2D eigenvalue weighted by molar-refractivity contribution is -0.145. The number of alkyl halides is 3. The zero-order chi connectivity index (χ0) is 32.1. The predicted molar refractivity (Wildman–Crippen MR) is 154 cm³/mol. The first-order chi connectivity index (χ1) is 20.7. The first-order valence-electron chi connectivity index (χ1n) is 12.7. The molecule has 3 heterocycles. The van der Waals surface area contributed by atoms with Gasteiger partial charge in [-0.1, -0.05) is 38.1 Å². The second kappa shape index (κ2) is 13.3. The van der Waals surface area contributed by atoms with Crippen LogP contribution in [-0.4, -0.2) is 52.0 Å². The molecule has 0 aliphatic rings. The van der Waals surface area contributed by atoms with Gasteiger partial charge in [0.1, 0.15) is 10.8 Å². The number of ether oxygens (including phenoxy) is 3. The number of thiophene rings is 1. The number of nitrogens with one attached hydrogen (secondary N) is 2. The number of aromatic nitrogens is 3. The van der Waals surface area contributed by atoms with Crippen molar-refractivity contribution in [3.05, 3.63) is 71.5 Å². The summed E-state index contributed by atoms with van der Waals surface area (Å²) in [6.45, 7) is 2.84. The number of nitrogens with zero attached hydrogens (tertiary/aromatic N) is 3. The van der Waals surface area contributed by atoms with Gasteiger partial charge in [-0.3, -0.25) is 4.72 Å². The number of para-hydroxylation sites is 2. The van der Waals surface area contributed by atoms with Crippen molar-refractivity contribution in [1.82, 2.24) is 19.7 Å². The van der Waals surface area contributed by atoms with Crippen LogP contribution in [0.2, 0.25) is 0 Å². The molecule has 2 N–H and O–H groups in total. The van der Waals surface area contributed by atoms with Crippen LogP contribution in [-0.2, 0) is 26.2 Å². The van der Waals surface area contributed by atoms with Gasteiger partial charge in [-0.15, -0.1) is 11.3 Å². The fraction of sp³-hybridized carbons (Fsp3) is 0.269. The minimum Gasteiger partial charge on any atom is -0.493 e. The van der Waals surface area contributed by atoms with Gasteiger partial charge < -0.3 is 14.2 Å². The maximum absolute atomic E-state index is 13.9. The highest BCUT2D eigenvalue weighted by Crippen LogP contribution is 2.42. The second-order valence-corrected chi connectivity index (χ2v) is 13.7. The van der Waals surface area contributed by atoms with E-state index in [2.05, 4.69) is 19.7 Å². The van der Waals surface area contributed by atoms with Crippen LogP contribution < -0.4 is 23.7 Å². The predicted octanol–water partition coefficient (Wildman–Crippen LogP) is 5.03. The van der Waals surface area contributed by atoms with Crippen molar-refractivity contribution in [1.29, 1.82) is 0 Å². The van der Waals surface area contributed by atoms with Crippen LogP contribution in [0.4, 0.5) is 19.0 Å². The van der Waals surface area contributed by atoms with Gasteiger partial charge in [0.15, 0.2) is 22.3 Å². The van der Waals surface area contributed by atoms with E-state index in [4.69, 9.17) is 14.2 Å². The Morgan fingerprint density at radius 2 is 1.68 bits per heavy atom. The summed E-state index contributed by atoms with van der Waals surface area (Å²) in [5.74, 6) is -4.00. The van der Waals surface area contributed by atoms with E-state index in [1.807, 2.05) is 18.6 Å². The molecule has 4 aromatic rings. The van der Waals surface area contributed by atoms with Crippen LogP contribution in [0.15, 0.2) is 69.3 Å². The molecule has 12 nitrogen and oxygen atoms in total. The van der Waals surface area contributed by atoms with Crippen molar-refractivity contribution in [2.45, 2.75) is 35.2 Å². The first kappa shape index (κ1) is 32.9. The molecule has 0 atom stereocenters. The van der Waals surface area contributed by atoms with E-state index < -0.39 is 61.1 Å². The molecule has 236 valence electrons. The van der Waals surface area contributed by atoms with Crippen molar-refractivity contribution in [3.8, 4) is 23.1 Å². The maximum Gasteiger partial charge on any atom is 0.451 e. The van der Waals surface area contributed by atoms with Crippen molar-refractivity contribution in [2.75, 3.05) is 25.0 Å². The Labute approximate surface area is 255 Å². The van der Waals surface area contributed by atoms with E-state index in [0.29, 0.717) is 0 Å². The van der Waals surface area contributed by atoms with E-state index in [0.717, 1.165) is 16.9 Å². The largest absolute Gasteiger partial charge is 0.493 e. The van der Waals surface area contributed by atoms with Crippen molar-refractivity contribution in [3.63, 3.8) is 0 Å². The van der Waals surface area contributed by atoms with Crippen LogP contribution in [0.25, 0.3) is 0 Å². The Hall–Kier alpha value is -4.00. The van der Waals surface area contributed by atoms with Gasteiger partial charge in [-0.05, 0) is 41.1 Å². The molecule has 1 aromatic carbocycles. The summed E-state index contributed by atoms with van der Waals surface area (Å²) >= 11 is 0.964. The highest BCUT2D eigenvalue weighted by molar-refractivity contribution is 7.92. The molecular formula is C26H26F3N5O7S3. The minimum atomic E-state index is -5.14. The third-order valence-electron chi connectivity index (χ3n) is 5.69. The molecule has 0 bridgehead atoms. The molecule has 0 saturated carbocycles. The van der Waals surface area contributed by atoms with E-state index in [9.17, 15) is 30.0 Å². The van der Waals surface area contributed by atoms with E-state index in [1.54, 1.807) is 11.4 Å². The standard InChI is InChI=1S/C26H26F3N5O7S3/c1-16(2)17-10-11-20(30-15-17)43(35,36)34-23-22(41-19-8-5-4-7-18(19)39-3)24(33-25(32-23)26(27,28)29)40-13-12-31-44(37,38)21-9-6-14-42-21/h4-11,14-16,31H,12-13H2,1-3H3,(H,32,33,34). The summed E-state index contributed by atoms with van der Waals surface area (Å²) in [5, 5.41) is 1.06. The van der Waals surface area contributed by atoms with Gasteiger partial charge in [0, 0.05) is 12.7 Å². The van der Waals surface area contributed by atoms with E-state index in [1.165, 1.54) is 55.8 Å². The van der Waals surface area contributed by atoms with Crippen LogP contribution in [0.3, 0.4) is 0 Å². The zero-order valence-electron chi connectivity index (χ0n) is 23.3. The number of anilines is 1. The van der Waals surface area contributed by atoms with E-state index in [-0.39, 0.29) is 28.2 Å². The molecular weight excluding hydrogens is 648 g/mol. The monoisotopic (exact) mass is 673 g/mol. The van der Waals surface area contributed by atoms with Crippen LogP contribution >= 0.6 is 11.3 Å². The molecule has 0 saturated heterocycles. The molecule has 0 radical (unpaired) electrons. The fourth-order valence-corrected chi connectivity index (χ4v) is 6.50. The first-order valence-corrected chi connectivity index (χ1v) is 16.5. The van der Waals surface area contributed by atoms with Crippen LogP contribution in [0.5, 0.6) is 23.1 Å². The molecule has 0 aliphatic heterocycles. The number of methoxy groups -OCH3 is 1. The normalized spacial score (nSPS) is 12.2. The van der Waals surface area contributed by atoms with Crippen LogP contribution in [0.1, 0.15) is 31.2 Å². The fourth-order valence-electron chi connectivity index (χ4n) is 3.51. The SMILES string of the molecule is COc1ccccc1Oc1c(NS(=O)(=O)c2ccc(C(C)C)cn2)nc(C(F)(F)F)nc1OCCNS(=O)(=O)c1cccs1. The molecule has 0 amide bonds. The molecule has 0 fully saturated rings. The Morgan fingerprint density at radius 1 is 0.955 bits per heavy atom. The average molecular weight is 674 g/mol. The van der Waals surface area contributed by atoms with Gasteiger partial charge in [0.25, 0.3) is 15.9 Å². The number of pyridine rings is 1. The summed E-state index contributed by atoms with van der Waals surface area (Å²) in [7, 11) is -7.21. The third kappa shape index (κ3) is 7.93. The Balaban J connectivity index is 1.74. The summed E-state index contributed by atoms with van der Waals surface area (Å²) in [6.07, 6.45) is -3.81. The molecule has 0 aliphatic carbocycles. The molecule has 18 heteroatoms. The molecule has 44 heavy (non-hydrogen) atoms. The smallest absolute Gasteiger partial charge is 0.451 e. The summed E-state index contributed by atoms with van der Waals surface area (Å²) in [4.78, 5) is 10.8. The van der Waals surface area contributed by atoms with Gasteiger partial charge >= 0.3 is 6.18 Å². The summed E-state index contributed by atoms with van der Waals surface area (Å²) in [5.41, 5.74) is 0.732. The highest BCUT2D eigenvalue weighted by atomic mass is 32.2. The Bertz CT molecular complexity index is 1800. The van der Waals surface area contributed by atoms with Crippen molar-refractivity contribution < 1.29 is 44.2 Å². The highest BCUT2D eigenvalue weighted by Gasteiger charge is 2.38. The Morgan fingerprint density at radius 3 is 2.27 bits per heavy atom.